The highest BCUT2D eigenvalue weighted by molar-refractivity contribution is 8.00. The van der Waals surface area contributed by atoms with Gasteiger partial charge in [0.15, 0.2) is 0 Å². The van der Waals surface area contributed by atoms with E-state index in [4.69, 9.17) is 0 Å². The lowest BCUT2D eigenvalue weighted by molar-refractivity contribution is -0.115. The minimum Gasteiger partial charge on any atom is -0.322 e. The molecule has 4 aromatic rings. The molecule has 0 saturated carbocycles. The van der Waals surface area contributed by atoms with E-state index in [1.54, 1.807) is 30.3 Å². The first-order valence-electron chi connectivity index (χ1n) is 10.3. The number of carbonyl (C=O) groups is 2. The Labute approximate surface area is 193 Å². The average Bonchev–Trinajstić information content (AvgIpc) is 3.20. The summed E-state index contributed by atoms with van der Waals surface area (Å²) in [5.74, 6) is -1.95. The molecule has 1 aliphatic rings. The minimum absolute atomic E-state index is 0.00610. The third kappa shape index (κ3) is 3.96. The summed E-state index contributed by atoms with van der Waals surface area (Å²) in [5, 5.41) is 4.18. The molecule has 1 saturated heterocycles. The third-order valence-corrected chi connectivity index (χ3v) is 6.74. The normalized spacial score (nSPS) is 15.8. The van der Waals surface area contributed by atoms with Crippen LogP contribution in [0.1, 0.15) is 21.3 Å². The first kappa shape index (κ1) is 21.2. The molecule has 2 amide bonds. The van der Waals surface area contributed by atoms with Crippen LogP contribution >= 0.6 is 11.8 Å². The van der Waals surface area contributed by atoms with Crippen LogP contribution in [0.5, 0.6) is 0 Å². The highest BCUT2D eigenvalue weighted by atomic mass is 32.2. The van der Waals surface area contributed by atoms with Crippen molar-refractivity contribution < 1.29 is 18.4 Å². The van der Waals surface area contributed by atoms with Gasteiger partial charge in [0.1, 0.15) is 17.0 Å². The molecular formula is C26H18F2N2O2S. The van der Waals surface area contributed by atoms with Crippen LogP contribution in [0.3, 0.4) is 0 Å². The second-order valence-corrected chi connectivity index (χ2v) is 8.66. The number of nitrogens with zero attached hydrogens (tertiary/aromatic N) is 1. The largest absolute Gasteiger partial charge is 0.322 e. The van der Waals surface area contributed by atoms with Gasteiger partial charge in [-0.2, -0.15) is 0 Å². The predicted molar refractivity (Wildman–Crippen MR) is 127 cm³/mol. The SMILES string of the molecule is O=C(Nc1ccccc1C1SCC(=O)N1c1ccc(F)cc1F)c1cccc2ccccc12. The van der Waals surface area contributed by atoms with Crippen LogP contribution < -0.4 is 10.2 Å². The molecule has 0 aliphatic carbocycles. The van der Waals surface area contributed by atoms with E-state index in [1.165, 1.54) is 22.7 Å². The Hall–Kier alpha value is -3.71. The Kier molecular flexibility index (Phi) is 5.56. The summed E-state index contributed by atoms with van der Waals surface area (Å²) in [4.78, 5) is 27.2. The predicted octanol–water partition coefficient (Wildman–Crippen LogP) is 6.15. The number of hydrogen-bond acceptors (Lipinski definition) is 3. The van der Waals surface area contributed by atoms with Gasteiger partial charge in [-0.25, -0.2) is 8.78 Å². The van der Waals surface area contributed by atoms with E-state index < -0.39 is 17.0 Å². The lowest BCUT2D eigenvalue weighted by atomic mass is 10.0. The molecule has 1 unspecified atom stereocenters. The molecule has 164 valence electrons. The second kappa shape index (κ2) is 8.67. The number of fused-ring (bicyclic) bond motifs is 1. The first-order valence-corrected chi connectivity index (χ1v) is 11.3. The van der Waals surface area contributed by atoms with Gasteiger partial charge in [-0.3, -0.25) is 14.5 Å². The number of nitrogens with one attached hydrogen (secondary N) is 1. The van der Waals surface area contributed by atoms with Crippen molar-refractivity contribution in [3.05, 3.63) is 108 Å². The number of hydrogen-bond donors (Lipinski definition) is 1. The Bertz CT molecular complexity index is 1390. The van der Waals surface area contributed by atoms with Crippen LogP contribution in [0.4, 0.5) is 20.2 Å². The van der Waals surface area contributed by atoms with Gasteiger partial charge >= 0.3 is 0 Å². The topological polar surface area (TPSA) is 49.4 Å². The van der Waals surface area contributed by atoms with Crippen molar-refractivity contribution in [2.45, 2.75) is 5.37 Å². The molecule has 0 radical (unpaired) electrons. The zero-order valence-electron chi connectivity index (χ0n) is 17.3. The van der Waals surface area contributed by atoms with Crippen LogP contribution in [0.15, 0.2) is 84.9 Å². The van der Waals surface area contributed by atoms with Gasteiger partial charge < -0.3 is 5.32 Å². The van der Waals surface area contributed by atoms with Gasteiger partial charge in [-0.1, -0.05) is 54.6 Å². The van der Waals surface area contributed by atoms with Crippen molar-refractivity contribution in [1.82, 2.24) is 0 Å². The summed E-state index contributed by atoms with van der Waals surface area (Å²) < 4.78 is 28.0. The molecule has 1 fully saturated rings. The molecule has 4 aromatic carbocycles. The maximum atomic E-state index is 14.5. The smallest absolute Gasteiger partial charge is 0.256 e. The Morgan fingerprint density at radius 1 is 0.939 bits per heavy atom. The van der Waals surface area contributed by atoms with Crippen molar-refractivity contribution in [2.75, 3.05) is 16.0 Å². The van der Waals surface area contributed by atoms with Gasteiger partial charge in [-0.05, 0) is 35.0 Å². The van der Waals surface area contributed by atoms with E-state index >= 15 is 0 Å². The first-order chi connectivity index (χ1) is 16.0. The number of carbonyl (C=O) groups excluding carboxylic acids is 2. The molecule has 1 atom stereocenters. The molecule has 4 nitrogen and oxygen atoms in total. The van der Waals surface area contributed by atoms with Crippen molar-refractivity contribution in [3.8, 4) is 0 Å². The summed E-state index contributed by atoms with van der Waals surface area (Å²) in [7, 11) is 0. The molecule has 0 spiro atoms. The summed E-state index contributed by atoms with van der Waals surface area (Å²) in [6.07, 6.45) is 0. The summed E-state index contributed by atoms with van der Waals surface area (Å²) >= 11 is 1.32. The van der Waals surface area contributed by atoms with Crippen LogP contribution in [-0.4, -0.2) is 17.6 Å². The molecule has 33 heavy (non-hydrogen) atoms. The summed E-state index contributed by atoms with van der Waals surface area (Å²) in [6.45, 7) is 0. The number of halogens is 2. The van der Waals surface area contributed by atoms with Gasteiger partial charge in [0.05, 0.1) is 11.4 Å². The van der Waals surface area contributed by atoms with Gasteiger partial charge in [0, 0.05) is 22.9 Å². The molecule has 5 rings (SSSR count). The van der Waals surface area contributed by atoms with E-state index in [1.807, 2.05) is 36.4 Å². The Balaban J connectivity index is 1.51. The molecule has 7 heteroatoms. The lowest BCUT2D eigenvalue weighted by Crippen LogP contribution is -2.29. The Morgan fingerprint density at radius 3 is 2.55 bits per heavy atom. The molecule has 1 N–H and O–H groups in total. The highest BCUT2D eigenvalue weighted by Gasteiger charge is 2.37. The minimum atomic E-state index is -0.812. The number of anilines is 2. The maximum Gasteiger partial charge on any atom is 0.256 e. The van der Waals surface area contributed by atoms with Crippen molar-refractivity contribution in [2.24, 2.45) is 0 Å². The van der Waals surface area contributed by atoms with Crippen molar-refractivity contribution in [3.63, 3.8) is 0 Å². The van der Waals surface area contributed by atoms with E-state index in [0.717, 1.165) is 22.9 Å². The quantitative estimate of drug-likeness (QED) is 0.397. The van der Waals surface area contributed by atoms with Crippen LogP contribution in [-0.2, 0) is 4.79 Å². The van der Waals surface area contributed by atoms with Crippen LogP contribution in [0.25, 0.3) is 10.8 Å². The fourth-order valence-corrected chi connectivity index (χ4v) is 5.24. The standard InChI is InChI=1S/C26H18F2N2O2S/c27-17-12-13-23(21(28)14-17)30-24(31)15-33-26(30)20-9-3-4-11-22(20)29-25(32)19-10-5-7-16-6-1-2-8-18(16)19/h1-14,26H,15H2,(H,29,32). The summed E-state index contributed by atoms with van der Waals surface area (Å²) in [5.41, 5.74) is 1.71. The lowest BCUT2D eigenvalue weighted by Gasteiger charge is -2.26. The monoisotopic (exact) mass is 460 g/mol. The number of rotatable bonds is 4. The fourth-order valence-electron chi connectivity index (χ4n) is 4.03. The zero-order chi connectivity index (χ0) is 22.9. The maximum absolute atomic E-state index is 14.5. The third-order valence-electron chi connectivity index (χ3n) is 5.55. The summed E-state index contributed by atoms with van der Waals surface area (Å²) in [6, 6.07) is 23.4. The van der Waals surface area contributed by atoms with Crippen LogP contribution in [0, 0.1) is 11.6 Å². The van der Waals surface area contributed by atoms with Gasteiger partial charge in [0.25, 0.3) is 5.91 Å². The fraction of sp³-hybridized carbons (Fsp3) is 0.0769. The van der Waals surface area contributed by atoms with Crippen molar-refractivity contribution >= 4 is 45.7 Å². The van der Waals surface area contributed by atoms with Crippen LogP contribution in [0.2, 0.25) is 0 Å². The molecule has 0 aromatic heterocycles. The van der Waals surface area contributed by atoms with E-state index in [2.05, 4.69) is 5.32 Å². The molecular weight excluding hydrogens is 442 g/mol. The Morgan fingerprint density at radius 2 is 1.70 bits per heavy atom. The molecule has 1 heterocycles. The molecule has 0 bridgehead atoms. The number of benzene rings is 4. The zero-order valence-corrected chi connectivity index (χ0v) is 18.1. The van der Waals surface area contributed by atoms with E-state index in [9.17, 15) is 18.4 Å². The van der Waals surface area contributed by atoms with E-state index in [-0.39, 0.29) is 23.3 Å². The number of thioether (sulfide) groups is 1. The second-order valence-electron chi connectivity index (χ2n) is 7.59. The number of amides is 2. The number of para-hydroxylation sites is 1. The van der Waals surface area contributed by atoms with E-state index in [0.29, 0.717) is 16.8 Å². The van der Waals surface area contributed by atoms with Gasteiger partial charge in [-0.15, -0.1) is 11.8 Å². The average molecular weight is 461 g/mol. The van der Waals surface area contributed by atoms with Crippen molar-refractivity contribution in [1.29, 1.82) is 0 Å². The highest BCUT2D eigenvalue weighted by Crippen LogP contribution is 2.45. The van der Waals surface area contributed by atoms with Gasteiger partial charge in [0.2, 0.25) is 5.91 Å². The molecule has 1 aliphatic heterocycles.